The van der Waals surface area contributed by atoms with E-state index >= 15 is 0 Å². The maximum absolute atomic E-state index is 5.95. The van der Waals surface area contributed by atoms with Crippen LogP contribution in [0, 0.1) is 12.1 Å². The van der Waals surface area contributed by atoms with Gasteiger partial charge in [0.25, 0.3) is 0 Å². The molecule has 0 saturated heterocycles. The lowest BCUT2D eigenvalue weighted by Gasteiger charge is -2.10. The van der Waals surface area contributed by atoms with Crippen LogP contribution in [-0.2, 0) is 0 Å². The number of nitrogens with one attached hydrogen (secondary N) is 4. The summed E-state index contributed by atoms with van der Waals surface area (Å²) < 4.78 is 5.95. The second-order valence-electron chi connectivity index (χ2n) is 12.7. The van der Waals surface area contributed by atoms with Crippen LogP contribution >= 0.6 is 0 Å². The maximum Gasteiger partial charge on any atom is 0.119 e. The van der Waals surface area contributed by atoms with Crippen molar-refractivity contribution in [1.29, 1.82) is 0 Å². The number of fused-ring (bicyclic) bond motifs is 8. The Morgan fingerprint density at radius 3 is 1.32 bits per heavy atom. The number of pyridine rings is 3. The van der Waals surface area contributed by atoms with Crippen molar-refractivity contribution in [2.45, 2.75) is 6.42 Å². The fourth-order valence-electron chi connectivity index (χ4n) is 6.95. The van der Waals surface area contributed by atoms with Crippen molar-refractivity contribution in [2.75, 3.05) is 13.2 Å². The van der Waals surface area contributed by atoms with Crippen LogP contribution in [0.2, 0.25) is 0 Å². The first-order chi connectivity index (χ1) is 26.2. The predicted octanol–water partition coefficient (Wildman–Crippen LogP) is 3.81. The Bertz CT molecular complexity index is 2770. The number of hydrogen-bond acceptors (Lipinski definition) is 5. The summed E-state index contributed by atoms with van der Waals surface area (Å²) in [6.45, 7) is 1.15. The fourth-order valence-corrected chi connectivity index (χ4v) is 6.95. The molecule has 8 heterocycles. The largest absolute Gasteiger partial charge is 0.494 e. The van der Waals surface area contributed by atoms with E-state index in [0.717, 1.165) is 101 Å². The first kappa shape index (κ1) is 31.8. The van der Waals surface area contributed by atoms with E-state index < -0.39 is 0 Å². The molecule has 1 aromatic carbocycles. The van der Waals surface area contributed by atoms with Crippen molar-refractivity contribution in [2.24, 2.45) is 5.73 Å². The average Bonchev–Trinajstić information content (AvgIpc) is 4.05. The number of aromatic nitrogens is 7. The van der Waals surface area contributed by atoms with E-state index in [0.29, 0.717) is 13.2 Å². The lowest BCUT2D eigenvalue weighted by Crippen LogP contribution is -2.19. The standard InChI is InChI=1S/C44H34N8O/c45-20-1-27-53-32-4-2-28(3-5-32)41-33-6-8-35(49-33)42(29-14-21-46-22-15-29)37-10-12-39(51-37)44(31-18-25-48-26-19-31)40-13-11-38(52-40)43(30-16-23-47-24-17-30)36-9-7-34(41)50-36/h2-6,8,10-19,21-26,49-52H,1,20,27,45H2. The predicted molar refractivity (Wildman–Crippen MR) is 204 cm³/mol. The van der Waals surface area contributed by atoms with Crippen LogP contribution in [0.5, 0.6) is 5.75 Å². The Morgan fingerprint density at radius 2 is 0.868 bits per heavy atom. The zero-order valence-corrected chi connectivity index (χ0v) is 28.7. The van der Waals surface area contributed by atoms with Gasteiger partial charge in [-0.1, -0.05) is 12.1 Å². The number of ether oxygens (including phenoxy) is 1. The molecule has 53 heavy (non-hydrogen) atoms. The molecule has 9 rings (SSSR count). The van der Waals surface area contributed by atoms with Crippen LogP contribution in [0.15, 0.2) is 134 Å². The van der Waals surface area contributed by atoms with Crippen molar-refractivity contribution in [3.63, 3.8) is 0 Å². The highest BCUT2D eigenvalue weighted by molar-refractivity contribution is 5.84. The molecule has 0 unspecified atom stereocenters. The second kappa shape index (κ2) is 13.9. The minimum Gasteiger partial charge on any atom is -0.494 e. The van der Waals surface area contributed by atoms with E-state index in [9.17, 15) is 0 Å². The highest BCUT2D eigenvalue weighted by Crippen LogP contribution is 2.28. The first-order valence-electron chi connectivity index (χ1n) is 17.5. The molecule has 1 aliphatic rings. The number of nitrogens with zero attached hydrogens (tertiary/aromatic N) is 3. The van der Waals surface area contributed by atoms with Gasteiger partial charge in [0.15, 0.2) is 0 Å². The fraction of sp³-hybridized carbons (Fsp3) is 0.0682. The van der Waals surface area contributed by atoms with Gasteiger partial charge < -0.3 is 30.4 Å². The van der Waals surface area contributed by atoms with Crippen LogP contribution < -0.4 is 31.9 Å². The summed E-state index contributed by atoms with van der Waals surface area (Å²) in [5.41, 5.74) is 17.3. The molecule has 8 aromatic rings. The van der Waals surface area contributed by atoms with Crippen molar-refractivity contribution in [3.05, 3.63) is 213 Å². The molecule has 0 saturated carbocycles. The molecule has 9 nitrogen and oxygen atoms in total. The smallest absolute Gasteiger partial charge is 0.119 e. The highest BCUT2D eigenvalue weighted by atomic mass is 16.5. The van der Waals surface area contributed by atoms with E-state index in [1.165, 1.54) is 0 Å². The SMILES string of the molecule is NCCCOc1ccc(C2=c3c#cc([nH]3)=C(c3ccncc3)c3ccc([nH]3)C(c3ccncc3)=c3ccc([nH]3)=C(c3ccncc3)c3ccc2[nH]3)cc1. The normalized spacial score (nSPS) is 12.5. The number of aromatic amines is 4. The summed E-state index contributed by atoms with van der Waals surface area (Å²) >= 11 is 0. The number of nitrogens with two attached hydrogens (primary N) is 1. The van der Waals surface area contributed by atoms with E-state index in [1.807, 2.05) is 73.3 Å². The van der Waals surface area contributed by atoms with Crippen LogP contribution in [-0.4, -0.2) is 48.0 Å². The molecule has 7 aromatic heterocycles. The number of H-pyrrole nitrogens is 4. The van der Waals surface area contributed by atoms with Gasteiger partial charge in [0.1, 0.15) is 16.4 Å². The van der Waals surface area contributed by atoms with E-state index in [4.69, 9.17) is 10.5 Å². The summed E-state index contributed by atoms with van der Waals surface area (Å²) in [6.07, 6.45) is 11.7. The van der Waals surface area contributed by atoms with Gasteiger partial charge in [-0.3, -0.25) is 15.0 Å². The lowest BCUT2D eigenvalue weighted by atomic mass is 10.0. The van der Waals surface area contributed by atoms with Gasteiger partial charge in [-0.2, -0.15) is 0 Å². The quantitative estimate of drug-likeness (QED) is 0.155. The summed E-state index contributed by atoms with van der Waals surface area (Å²) in [6, 6.07) is 40.0. The Hall–Kier alpha value is -7.15. The molecule has 0 radical (unpaired) electrons. The monoisotopic (exact) mass is 690 g/mol. The van der Waals surface area contributed by atoms with E-state index in [2.05, 4.69) is 95.6 Å². The molecular weight excluding hydrogens is 657 g/mol. The van der Waals surface area contributed by atoms with Crippen LogP contribution in [0.4, 0.5) is 0 Å². The second-order valence-corrected chi connectivity index (χ2v) is 12.7. The van der Waals surface area contributed by atoms with Gasteiger partial charge in [-0.25, -0.2) is 0 Å². The Labute approximate surface area is 305 Å². The first-order valence-corrected chi connectivity index (χ1v) is 17.5. The van der Waals surface area contributed by atoms with Gasteiger partial charge >= 0.3 is 0 Å². The molecule has 8 bridgehead atoms. The minimum absolute atomic E-state index is 0.569. The van der Waals surface area contributed by atoms with Gasteiger partial charge in [0.2, 0.25) is 0 Å². The number of benzene rings is 1. The van der Waals surface area contributed by atoms with Crippen LogP contribution in [0.3, 0.4) is 0 Å². The van der Waals surface area contributed by atoms with Gasteiger partial charge in [0.05, 0.1) is 6.61 Å². The van der Waals surface area contributed by atoms with Crippen molar-refractivity contribution in [3.8, 4) is 5.75 Å². The zero-order chi connectivity index (χ0) is 35.6. The molecular formula is C44H34N8O. The summed E-state index contributed by atoms with van der Waals surface area (Å²) in [4.78, 5) is 28.0. The van der Waals surface area contributed by atoms with Crippen LogP contribution in [0.1, 0.15) is 51.5 Å². The Kier molecular flexibility index (Phi) is 8.32. The summed E-state index contributed by atoms with van der Waals surface area (Å²) in [7, 11) is 0. The highest BCUT2D eigenvalue weighted by Gasteiger charge is 2.18. The van der Waals surface area contributed by atoms with Gasteiger partial charge in [0, 0.05) is 92.9 Å². The third-order valence-corrected chi connectivity index (χ3v) is 9.40. The summed E-state index contributed by atoms with van der Waals surface area (Å²) in [5.74, 6) is 0.792. The minimum atomic E-state index is 0.569. The molecule has 1 aliphatic heterocycles. The molecule has 256 valence electrons. The third kappa shape index (κ3) is 6.14. The average molecular weight is 691 g/mol. The Balaban J connectivity index is 1.37. The molecule has 0 fully saturated rings. The third-order valence-electron chi connectivity index (χ3n) is 9.40. The molecule has 6 N–H and O–H groups in total. The Morgan fingerprint density at radius 1 is 0.453 bits per heavy atom. The molecule has 0 spiro atoms. The van der Waals surface area contributed by atoms with E-state index in [1.54, 1.807) is 12.4 Å². The van der Waals surface area contributed by atoms with Gasteiger partial charge in [-0.15, -0.1) is 0 Å². The topological polar surface area (TPSA) is 137 Å². The molecule has 9 heteroatoms. The maximum atomic E-state index is 5.95. The van der Waals surface area contributed by atoms with Crippen molar-refractivity contribution in [1.82, 2.24) is 34.9 Å². The molecule has 0 atom stereocenters. The lowest BCUT2D eigenvalue weighted by molar-refractivity contribution is 0.313. The van der Waals surface area contributed by atoms with Crippen molar-refractivity contribution < 1.29 is 4.74 Å². The van der Waals surface area contributed by atoms with Crippen molar-refractivity contribution >= 4 is 22.3 Å². The molecule has 0 amide bonds. The number of hydrogen-bond donors (Lipinski definition) is 5. The van der Waals surface area contributed by atoms with Gasteiger partial charge in [-0.05, 0) is 132 Å². The van der Waals surface area contributed by atoms with E-state index in [-0.39, 0.29) is 0 Å². The summed E-state index contributed by atoms with van der Waals surface area (Å²) in [5, 5.41) is 3.48. The number of rotatable bonds is 8. The molecule has 0 aliphatic carbocycles. The zero-order valence-electron chi connectivity index (χ0n) is 28.7. The van der Waals surface area contributed by atoms with Crippen LogP contribution in [0.25, 0.3) is 22.3 Å².